The summed E-state index contributed by atoms with van der Waals surface area (Å²) in [5.74, 6) is 2.77. The predicted molar refractivity (Wildman–Crippen MR) is 60.6 cm³/mol. The number of nitrogens with two attached hydrogens (primary N) is 1. The Bertz CT molecular complexity index is 165. The molecular weight excluding hydrogens is 269 g/mol. The zero-order valence-corrected chi connectivity index (χ0v) is 9.37. The molecule has 0 aliphatic heterocycles. The second-order valence-corrected chi connectivity index (χ2v) is 1.79. The maximum atomic E-state index is 5.33. The van der Waals surface area contributed by atoms with E-state index in [-0.39, 0.29) is 24.0 Å². The zero-order valence-electron chi connectivity index (χ0n) is 7.04. The molecule has 0 saturated heterocycles. The highest BCUT2D eigenvalue weighted by atomic mass is 127. The third-order valence-corrected chi connectivity index (χ3v) is 0.979. The van der Waals surface area contributed by atoms with Crippen LogP contribution in [-0.4, -0.2) is 32.8 Å². The molecule has 0 atom stereocenters. The molecule has 0 bridgehead atoms. The van der Waals surface area contributed by atoms with Gasteiger partial charge in [-0.2, -0.15) is 0 Å². The molecule has 0 unspecified atom stereocenters. The maximum absolute atomic E-state index is 5.33. The van der Waals surface area contributed by atoms with E-state index in [1.165, 1.54) is 0 Å². The second-order valence-electron chi connectivity index (χ2n) is 1.79. The normalized spacial score (nSPS) is 9.83. The fourth-order valence-electron chi connectivity index (χ4n) is 0.461. The van der Waals surface area contributed by atoms with Gasteiger partial charge in [0.1, 0.15) is 6.61 Å². The number of halogens is 1. The minimum atomic E-state index is 0. The van der Waals surface area contributed by atoms with Crippen molar-refractivity contribution in [1.29, 1.82) is 0 Å². The Kier molecular flexibility index (Phi) is 12.3. The molecule has 0 radical (unpaired) electrons. The monoisotopic (exact) mass is 283 g/mol. The van der Waals surface area contributed by atoms with E-state index in [1.807, 2.05) is 0 Å². The fourth-order valence-corrected chi connectivity index (χ4v) is 0.461. The summed E-state index contributed by atoms with van der Waals surface area (Å²) in [5.41, 5.74) is 5.33. The standard InChI is InChI=1S/C7H13N3O.HI/c1-3-5-11-6-4-10-7(8)9-2;/h1H,4-6H2,2H3,(H3,8,9,10);1H. The summed E-state index contributed by atoms with van der Waals surface area (Å²) in [6, 6.07) is 0. The Morgan fingerprint density at radius 3 is 2.92 bits per heavy atom. The lowest BCUT2D eigenvalue weighted by atomic mass is 10.6. The molecular formula is C7H14IN3O. The van der Waals surface area contributed by atoms with Crippen molar-refractivity contribution in [2.24, 2.45) is 10.7 Å². The van der Waals surface area contributed by atoms with Gasteiger partial charge in [-0.05, 0) is 0 Å². The number of nitrogens with zero attached hydrogens (tertiary/aromatic N) is 1. The van der Waals surface area contributed by atoms with Gasteiger partial charge in [-0.3, -0.25) is 4.99 Å². The van der Waals surface area contributed by atoms with Crippen molar-refractivity contribution in [2.45, 2.75) is 0 Å². The Hall–Kier alpha value is -0.480. The highest BCUT2D eigenvalue weighted by Crippen LogP contribution is 1.69. The molecule has 3 N–H and O–H groups in total. The van der Waals surface area contributed by atoms with Crippen LogP contribution in [0.5, 0.6) is 0 Å². The number of aliphatic imine (C=N–C) groups is 1. The number of rotatable bonds is 4. The van der Waals surface area contributed by atoms with Gasteiger partial charge in [0.05, 0.1) is 6.61 Å². The van der Waals surface area contributed by atoms with Crippen molar-refractivity contribution in [3.05, 3.63) is 0 Å². The van der Waals surface area contributed by atoms with Crippen LogP contribution >= 0.6 is 24.0 Å². The summed E-state index contributed by atoms with van der Waals surface area (Å²) in [5, 5.41) is 2.83. The molecule has 0 aliphatic carbocycles. The Morgan fingerprint density at radius 1 is 1.75 bits per heavy atom. The van der Waals surface area contributed by atoms with Gasteiger partial charge in [0.25, 0.3) is 0 Å². The molecule has 5 heteroatoms. The van der Waals surface area contributed by atoms with Crippen LogP contribution in [0.15, 0.2) is 4.99 Å². The number of hydrogen-bond donors (Lipinski definition) is 2. The summed E-state index contributed by atoms with van der Waals surface area (Å²) in [6.07, 6.45) is 4.95. The van der Waals surface area contributed by atoms with Crippen LogP contribution in [0.25, 0.3) is 0 Å². The van der Waals surface area contributed by atoms with Gasteiger partial charge in [0.15, 0.2) is 5.96 Å². The smallest absolute Gasteiger partial charge is 0.188 e. The van der Waals surface area contributed by atoms with Crippen molar-refractivity contribution in [1.82, 2.24) is 5.32 Å². The van der Waals surface area contributed by atoms with Crippen molar-refractivity contribution in [3.63, 3.8) is 0 Å². The van der Waals surface area contributed by atoms with Gasteiger partial charge in [0, 0.05) is 13.6 Å². The van der Waals surface area contributed by atoms with E-state index in [0.717, 1.165) is 0 Å². The van der Waals surface area contributed by atoms with E-state index in [9.17, 15) is 0 Å². The topological polar surface area (TPSA) is 59.6 Å². The minimum absolute atomic E-state index is 0. The molecule has 0 aromatic carbocycles. The number of ether oxygens (including phenoxy) is 1. The predicted octanol–water partition coefficient (Wildman–Crippen LogP) is -0.212. The molecule has 0 amide bonds. The quantitative estimate of drug-likeness (QED) is 0.247. The van der Waals surface area contributed by atoms with Crippen molar-refractivity contribution in [3.8, 4) is 12.3 Å². The molecule has 0 saturated carbocycles. The Morgan fingerprint density at radius 2 is 2.42 bits per heavy atom. The average molecular weight is 283 g/mol. The van der Waals surface area contributed by atoms with Crippen LogP contribution in [-0.2, 0) is 4.74 Å². The third kappa shape index (κ3) is 9.52. The van der Waals surface area contributed by atoms with E-state index in [0.29, 0.717) is 25.7 Å². The number of guanidine groups is 1. The molecule has 4 nitrogen and oxygen atoms in total. The van der Waals surface area contributed by atoms with Gasteiger partial charge in [0.2, 0.25) is 0 Å². The number of hydrogen-bond acceptors (Lipinski definition) is 2. The first-order chi connectivity index (χ1) is 5.31. The Balaban J connectivity index is 0. The number of terminal acetylenes is 1. The van der Waals surface area contributed by atoms with Crippen LogP contribution in [0, 0.1) is 12.3 Å². The van der Waals surface area contributed by atoms with Gasteiger partial charge < -0.3 is 15.8 Å². The van der Waals surface area contributed by atoms with Crippen molar-refractivity contribution < 1.29 is 4.74 Å². The van der Waals surface area contributed by atoms with Crippen molar-refractivity contribution >= 4 is 29.9 Å². The van der Waals surface area contributed by atoms with Gasteiger partial charge in [-0.1, -0.05) is 5.92 Å². The lowest BCUT2D eigenvalue weighted by molar-refractivity contribution is 0.172. The van der Waals surface area contributed by atoms with Gasteiger partial charge in [-0.25, -0.2) is 0 Å². The average Bonchev–Trinajstić information content (AvgIpc) is 2.04. The summed E-state index contributed by atoms with van der Waals surface area (Å²) >= 11 is 0. The van der Waals surface area contributed by atoms with Crippen LogP contribution in [0.2, 0.25) is 0 Å². The largest absolute Gasteiger partial charge is 0.370 e. The van der Waals surface area contributed by atoms with E-state index in [1.54, 1.807) is 7.05 Å². The van der Waals surface area contributed by atoms with Crippen LogP contribution in [0.1, 0.15) is 0 Å². The molecule has 0 spiro atoms. The van der Waals surface area contributed by atoms with Gasteiger partial charge in [-0.15, -0.1) is 30.4 Å². The first-order valence-electron chi connectivity index (χ1n) is 3.28. The van der Waals surface area contributed by atoms with E-state index < -0.39 is 0 Å². The molecule has 0 aliphatic rings. The van der Waals surface area contributed by atoms with Crippen LogP contribution in [0.4, 0.5) is 0 Å². The molecule has 0 heterocycles. The molecule has 0 fully saturated rings. The lowest BCUT2D eigenvalue weighted by Gasteiger charge is -2.03. The second kappa shape index (κ2) is 10.5. The van der Waals surface area contributed by atoms with Crippen LogP contribution in [0.3, 0.4) is 0 Å². The molecule has 0 aromatic rings. The summed E-state index contributed by atoms with van der Waals surface area (Å²) < 4.78 is 4.97. The van der Waals surface area contributed by atoms with Crippen molar-refractivity contribution in [2.75, 3.05) is 26.8 Å². The SMILES string of the molecule is C#CCOCCNC(N)=NC.I. The first-order valence-corrected chi connectivity index (χ1v) is 3.28. The number of nitrogens with one attached hydrogen (secondary N) is 1. The fraction of sp³-hybridized carbons (Fsp3) is 0.571. The van der Waals surface area contributed by atoms with E-state index in [2.05, 4.69) is 16.2 Å². The molecule has 70 valence electrons. The first kappa shape index (κ1) is 14.1. The molecule has 0 aromatic heterocycles. The molecule has 12 heavy (non-hydrogen) atoms. The van der Waals surface area contributed by atoms with Gasteiger partial charge >= 0.3 is 0 Å². The van der Waals surface area contributed by atoms with E-state index >= 15 is 0 Å². The molecule has 0 rings (SSSR count). The van der Waals surface area contributed by atoms with E-state index in [4.69, 9.17) is 16.9 Å². The minimum Gasteiger partial charge on any atom is -0.370 e. The Labute approximate surface area is 90.0 Å². The zero-order chi connectivity index (χ0) is 8.53. The highest BCUT2D eigenvalue weighted by Gasteiger charge is 1.87. The third-order valence-electron chi connectivity index (χ3n) is 0.979. The van der Waals surface area contributed by atoms with Crippen LogP contribution < -0.4 is 11.1 Å². The maximum Gasteiger partial charge on any atom is 0.188 e. The summed E-state index contributed by atoms with van der Waals surface area (Å²) in [4.78, 5) is 3.69. The lowest BCUT2D eigenvalue weighted by Crippen LogP contribution is -2.33. The summed E-state index contributed by atoms with van der Waals surface area (Å²) in [6.45, 7) is 1.51. The summed E-state index contributed by atoms with van der Waals surface area (Å²) in [7, 11) is 1.62. The highest BCUT2D eigenvalue weighted by molar-refractivity contribution is 14.0.